The highest BCUT2D eigenvalue weighted by atomic mass is 19.4. The molecule has 10 heteroatoms. The van der Waals surface area contributed by atoms with Crippen LogP contribution in [-0.2, 0) is 14.3 Å². The molecule has 1 unspecified atom stereocenters. The van der Waals surface area contributed by atoms with Crippen LogP contribution >= 0.6 is 0 Å². The second-order valence-electron chi connectivity index (χ2n) is 8.12. The van der Waals surface area contributed by atoms with Crippen LogP contribution in [0.4, 0.5) is 18.9 Å². The number of halogens is 3. The number of ether oxygens (including phenoxy) is 3. The molecule has 2 aromatic rings. The molecule has 0 radical (unpaired) electrons. The van der Waals surface area contributed by atoms with Crippen molar-refractivity contribution in [1.82, 2.24) is 0 Å². The Morgan fingerprint density at radius 2 is 1.74 bits per heavy atom. The molecule has 7 nitrogen and oxygen atoms in total. The average molecular weight is 477 g/mol. The first-order chi connectivity index (χ1) is 16.2. The van der Waals surface area contributed by atoms with Gasteiger partial charge in [-0.3, -0.25) is 9.59 Å². The number of Topliss-reactive ketones (excluding diaryl/α,β-unsaturated/α-hetero) is 1. The SMILES string of the molecule is O=C(CC1COc2cc(OCC(=O)c3ccc(N4CCCC4)cc3)ccc21)OC(=O)C(F)(F)F. The Bertz CT molecular complexity index is 1080. The number of carbonyl (C=O) groups excluding carboxylic acids is 3. The largest absolute Gasteiger partial charge is 0.492 e. The lowest BCUT2D eigenvalue weighted by Crippen LogP contribution is -2.28. The molecule has 0 saturated carbocycles. The minimum atomic E-state index is -5.24. The fourth-order valence-electron chi connectivity index (χ4n) is 3.99. The summed E-state index contributed by atoms with van der Waals surface area (Å²) in [5.74, 6) is -3.82. The number of esters is 2. The maximum Gasteiger partial charge on any atom is 0.491 e. The molecule has 0 amide bonds. The Labute approximate surface area is 193 Å². The molecule has 0 bridgehead atoms. The van der Waals surface area contributed by atoms with Crippen molar-refractivity contribution >= 4 is 23.4 Å². The van der Waals surface area contributed by atoms with E-state index in [1.807, 2.05) is 12.1 Å². The number of anilines is 1. The molecule has 2 aliphatic rings. The van der Waals surface area contributed by atoms with Crippen molar-refractivity contribution in [3.05, 3.63) is 53.6 Å². The number of carbonyl (C=O) groups is 3. The predicted octanol–water partition coefficient (Wildman–Crippen LogP) is 4.05. The molecule has 0 aliphatic carbocycles. The summed E-state index contributed by atoms with van der Waals surface area (Å²) in [6.07, 6.45) is -3.34. The maximum absolute atomic E-state index is 12.5. The van der Waals surface area contributed by atoms with Crippen LogP contribution in [0.15, 0.2) is 42.5 Å². The van der Waals surface area contributed by atoms with Crippen LogP contribution in [0.25, 0.3) is 0 Å². The van der Waals surface area contributed by atoms with E-state index in [-0.39, 0.29) is 19.0 Å². The first-order valence-electron chi connectivity index (χ1n) is 10.8. The van der Waals surface area contributed by atoms with Crippen LogP contribution in [-0.4, -0.2) is 50.2 Å². The number of hydrogen-bond acceptors (Lipinski definition) is 7. The summed E-state index contributed by atoms with van der Waals surface area (Å²) in [6, 6.07) is 12.1. The molecule has 0 spiro atoms. The molecular weight excluding hydrogens is 455 g/mol. The van der Waals surface area contributed by atoms with Crippen molar-refractivity contribution in [2.45, 2.75) is 31.4 Å². The van der Waals surface area contributed by atoms with Gasteiger partial charge >= 0.3 is 18.1 Å². The van der Waals surface area contributed by atoms with Crippen LogP contribution < -0.4 is 14.4 Å². The van der Waals surface area contributed by atoms with E-state index in [0.717, 1.165) is 18.8 Å². The van der Waals surface area contributed by atoms with Crippen molar-refractivity contribution in [3.8, 4) is 11.5 Å². The van der Waals surface area contributed by atoms with Gasteiger partial charge < -0.3 is 19.1 Å². The third-order valence-electron chi connectivity index (χ3n) is 5.75. The van der Waals surface area contributed by atoms with Gasteiger partial charge in [0.15, 0.2) is 12.4 Å². The van der Waals surface area contributed by atoms with Gasteiger partial charge in [-0.05, 0) is 43.2 Å². The number of hydrogen-bond donors (Lipinski definition) is 0. The van der Waals surface area contributed by atoms with Gasteiger partial charge in [0.05, 0.1) is 13.0 Å². The van der Waals surface area contributed by atoms with Crippen LogP contribution in [0.2, 0.25) is 0 Å². The lowest BCUT2D eigenvalue weighted by atomic mass is 9.98. The fourth-order valence-corrected chi connectivity index (χ4v) is 3.99. The predicted molar refractivity (Wildman–Crippen MR) is 114 cm³/mol. The number of alkyl halides is 3. The molecule has 180 valence electrons. The Morgan fingerprint density at radius 1 is 1.03 bits per heavy atom. The summed E-state index contributed by atoms with van der Waals surface area (Å²) in [6.45, 7) is 1.89. The smallest absolute Gasteiger partial charge is 0.491 e. The Morgan fingerprint density at radius 3 is 2.41 bits per heavy atom. The summed E-state index contributed by atoms with van der Waals surface area (Å²) in [5, 5.41) is 0. The summed E-state index contributed by atoms with van der Waals surface area (Å²) in [4.78, 5) is 37.2. The van der Waals surface area contributed by atoms with Gasteiger partial charge in [0.2, 0.25) is 0 Å². The van der Waals surface area contributed by atoms with Gasteiger partial charge in [0, 0.05) is 41.9 Å². The zero-order chi connectivity index (χ0) is 24.3. The number of benzene rings is 2. The quantitative estimate of drug-likeness (QED) is 0.338. The van der Waals surface area contributed by atoms with Gasteiger partial charge in [-0.1, -0.05) is 6.07 Å². The minimum Gasteiger partial charge on any atom is -0.492 e. The summed E-state index contributed by atoms with van der Waals surface area (Å²) in [7, 11) is 0. The lowest BCUT2D eigenvalue weighted by molar-refractivity contribution is -0.202. The Hall–Kier alpha value is -3.56. The van der Waals surface area contributed by atoms with Crippen molar-refractivity contribution in [2.24, 2.45) is 0 Å². The monoisotopic (exact) mass is 477 g/mol. The summed E-state index contributed by atoms with van der Waals surface area (Å²) < 4.78 is 51.6. The first kappa shape index (κ1) is 23.6. The molecule has 2 aromatic carbocycles. The third kappa shape index (κ3) is 5.49. The number of rotatable bonds is 7. The minimum absolute atomic E-state index is 0.0381. The molecule has 1 saturated heterocycles. The fraction of sp³-hybridized carbons (Fsp3) is 0.375. The molecule has 2 heterocycles. The topological polar surface area (TPSA) is 82.1 Å². The highest BCUT2D eigenvalue weighted by molar-refractivity contribution is 5.97. The van der Waals surface area contributed by atoms with Gasteiger partial charge in [0.25, 0.3) is 0 Å². The summed E-state index contributed by atoms with van der Waals surface area (Å²) >= 11 is 0. The van der Waals surface area contributed by atoms with E-state index in [0.29, 0.717) is 22.6 Å². The Balaban J connectivity index is 1.30. The van der Waals surface area contributed by atoms with Crippen LogP contribution in [0.3, 0.4) is 0 Å². The summed E-state index contributed by atoms with van der Waals surface area (Å²) in [5.41, 5.74) is 2.20. The van der Waals surface area contributed by atoms with Crippen LogP contribution in [0, 0.1) is 0 Å². The molecule has 0 N–H and O–H groups in total. The molecule has 0 aromatic heterocycles. The Kier molecular flexibility index (Phi) is 6.76. The zero-order valence-corrected chi connectivity index (χ0v) is 18.1. The van der Waals surface area contributed by atoms with E-state index in [1.165, 1.54) is 12.8 Å². The molecule has 2 aliphatic heterocycles. The van der Waals surface area contributed by atoms with Crippen LogP contribution in [0.5, 0.6) is 11.5 Å². The second kappa shape index (κ2) is 9.74. The van der Waals surface area contributed by atoms with Gasteiger partial charge in [-0.2, -0.15) is 13.2 Å². The second-order valence-corrected chi connectivity index (χ2v) is 8.12. The average Bonchev–Trinajstić information content (AvgIpc) is 3.47. The highest BCUT2D eigenvalue weighted by Crippen LogP contribution is 2.38. The molecule has 1 fully saturated rings. The molecule has 1 atom stereocenters. The molecule has 4 rings (SSSR count). The lowest BCUT2D eigenvalue weighted by Gasteiger charge is -2.17. The van der Waals surface area contributed by atoms with E-state index in [4.69, 9.17) is 9.47 Å². The number of nitrogens with zero attached hydrogens (tertiary/aromatic N) is 1. The van der Waals surface area contributed by atoms with Crippen molar-refractivity contribution in [2.75, 3.05) is 31.2 Å². The normalized spacial score (nSPS) is 17.1. The van der Waals surface area contributed by atoms with E-state index in [1.54, 1.807) is 30.3 Å². The first-order valence-corrected chi connectivity index (χ1v) is 10.8. The standard InChI is InChI=1S/C24H22F3NO6/c25-24(26,27)23(31)34-22(30)11-16-13-33-21-12-18(7-8-19(16)21)32-14-20(29)15-3-5-17(6-4-15)28-9-1-2-10-28/h3-8,12,16H,1-2,9-11,13-14H2. The maximum atomic E-state index is 12.5. The van der Waals surface area contributed by atoms with Crippen molar-refractivity contribution in [3.63, 3.8) is 0 Å². The van der Waals surface area contributed by atoms with Gasteiger partial charge in [-0.25, -0.2) is 4.79 Å². The third-order valence-corrected chi connectivity index (χ3v) is 5.75. The highest BCUT2D eigenvalue weighted by Gasteiger charge is 2.43. The van der Waals surface area contributed by atoms with Crippen molar-refractivity contribution in [1.29, 1.82) is 0 Å². The van der Waals surface area contributed by atoms with E-state index in [9.17, 15) is 27.6 Å². The van der Waals surface area contributed by atoms with Crippen LogP contribution in [0.1, 0.15) is 41.1 Å². The van der Waals surface area contributed by atoms with E-state index < -0.39 is 30.5 Å². The van der Waals surface area contributed by atoms with E-state index in [2.05, 4.69) is 9.64 Å². The number of ketones is 1. The number of fused-ring (bicyclic) bond motifs is 1. The van der Waals surface area contributed by atoms with E-state index >= 15 is 0 Å². The van der Waals surface area contributed by atoms with Gasteiger partial charge in [-0.15, -0.1) is 0 Å². The van der Waals surface area contributed by atoms with Crippen molar-refractivity contribution < 1.29 is 41.8 Å². The van der Waals surface area contributed by atoms with Gasteiger partial charge in [0.1, 0.15) is 11.5 Å². The molecular formula is C24H22F3NO6. The zero-order valence-electron chi connectivity index (χ0n) is 18.1. The molecule has 34 heavy (non-hydrogen) atoms.